The van der Waals surface area contributed by atoms with Gasteiger partial charge in [0.25, 0.3) is 0 Å². The lowest BCUT2D eigenvalue weighted by molar-refractivity contribution is 0.118. The van der Waals surface area contributed by atoms with Crippen molar-refractivity contribution in [3.05, 3.63) is 71.8 Å². The Balaban J connectivity index is 1.29. The predicted octanol–water partition coefficient (Wildman–Crippen LogP) is 4.63. The first-order valence-corrected chi connectivity index (χ1v) is 9.55. The number of hydrogen-bond acceptors (Lipinski definition) is 2. The van der Waals surface area contributed by atoms with Crippen LogP contribution in [0, 0.1) is 0 Å². The van der Waals surface area contributed by atoms with Crippen LogP contribution < -0.4 is 0 Å². The summed E-state index contributed by atoms with van der Waals surface area (Å²) in [5, 5.41) is 0. The minimum Gasteiger partial charge on any atom is -0.376 e. The van der Waals surface area contributed by atoms with Crippen LogP contribution in [0.1, 0.15) is 24.0 Å². The van der Waals surface area contributed by atoms with Gasteiger partial charge in [-0.2, -0.15) is 0 Å². The van der Waals surface area contributed by atoms with Crippen molar-refractivity contribution in [1.29, 1.82) is 0 Å². The number of ether oxygens (including phenoxy) is 2. The molecule has 23 heavy (non-hydrogen) atoms. The highest BCUT2D eigenvalue weighted by molar-refractivity contribution is 7.40. The van der Waals surface area contributed by atoms with E-state index in [1.165, 1.54) is 24.0 Å². The molecule has 2 atom stereocenters. The van der Waals surface area contributed by atoms with Crippen molar-refractivity contribution in [2.75, 3.05) is 13.2 Å². The van der Waals surface area contributed by atoms with Crippen molar-refractivity contribution in [2.45, 2.75) is 37.4 Å². The third-order valence-electron chi connectivity index (χ3n) is 4.20. The van der Waals surface area contributed by atoms with E-state index in [-0.39, 0.29) is 0 Å². The second-order valence-electron chi connectivity index (χ2n) is 6.14. The molecule has 2 nitrogen and oxygen atoms in total. The van der Waals surface area contributed by atoms with Gasteiger partial charge in [-0.3, -0.25) is 0 Å². The molecule has 2 aromatic carbocycles. The number of rotatable bonds is 8. The SMILES string of the molecule is c1ccc(COC[C@@H]2CC[C@@H](COCc3ccccc3)P2)cc1. The largest absolute Gasteiger partial charge is 0.376 e. The van der Waals surface area contributed by atoms with Crippen LogP contribution >= 0.6 is 8.58 Å². The Labute approximate surface area is 141 Å². The van der Waals surface area contributed by atoms with E-state index in [4.69, 9.17) is 9.47 Å². The summed E-state index contributed by atoms with van der Waals surface area (Å²) in [4.78, 5) is 0. The monoisotopic (exact) mass is 328 g/mol. The molecular formula is C20H25O2P. The molecule has 0 radical (unpaired) electrons. The lowest BCUT2D eigenvalue weighted by Gasteiger charge is -2.13. The molecular weight excluding hydrogens is 303 g/mol. The molecule has 1 saturated heterocycles. The third kappa shape index (κ3) is 5.73. The summed E-state index contributed by atoms with van der Waals surface area (Å²) in [6.07, 6.45) is 2.57. The van der Waals surface area contributed by atoms with Crippen LogP contribution in [-0.2, 0) is 22.7 Å². The summed E-state index contributed by atoms with van der Waals surface area (Å²) in [6, 6.07) is 20.8. The summed E-state index contributed by atoms with van der Waals surface area (Å²) in [7, 11) is 0.976. The Morgan fingerprint density at radius 2 is 1.13 bits per heavy atom. The van der Waals surface area contributed by atoms with E-state index in [1.54, 1.807) is 0 Å². The summed E-state index contributed by atoms with van der Waals surface area (Å²) >= 11 is 0. The zero-order valence-corrected chi connectivity index (χ0v) is 14.5. The molecule has 0 unspecified atom stereocenters. The predicted molar refractivity (Wildman–Crippen MR) is 97.3 cm³/mol. The highest BCUT2D eigenvalue weighted by Crippen LogP contribution is 2.40. The van der Waals surface area contributed by atoms with Gasteiger partial charge in [0, 0.05) is 11.3 Å². The zero-order chi connectivity index (χ0) is 15.7. The Bertz CT molecular complexity index is 507. The third-order valence-corrected chi connectivity index (χ3v) is 6.05. The molecule has 1 heterocycles. The van der Waals surface area contributed by atoms with E-state index in [9.17, 15) is 0 Å². The Hall–Kier alpha value is -1.21. The first-order chi connectivity index (χ1) is 11.4. The van der Waals surface area contributed by atoms with Crippen LogP contribution in [-0.4, -0.2) is 24.5 Å². The fourth-order valence-electron chi connectivity index (χ4n) is 2.95. The molecule has 1 fully saturated rings. The van der Waals surface area contributed by atoms with E-state index in [0.717, 1.165) is 46.3 Å². The molecule has 1 aliphatic heterocycles. The quantitative estimate of drug-likeness (QED) is 0.658. The molecule has 1 aliphatic rings. The van der Waals surface area contributed by atoms with Crippen molar-refractivity contribution in [3.63, 3.8) is 0 Å². The summed E-state index contributed by atoms with van der Waals surface area (Å²) in [5.41, 5.74) is 3.97. The van der Waals surface area contributed by atoms with Gasteiger partial charge in [0.1, 0.15) is 0 Å². The molecule has 0 bridgehead atoms. The molecule has 0 saturated carbocycles. The van der Waals surface area contributed by atoms with Crippen LogP contribution in [0.3, 0.4) is 0 Å². The topological polar surface area (TPSA) is 18.5 Å². The molecule has 3 heteroatoms. The standard InChI is InChI=1S/C20H25O2P/c1-3-7-17(8-4-1)13-21-15-19-11-12-20(23-19)16-22-14-18-9-5-2-6-10-18/h1-10,19-20,23H,11-16H2/t19-,20-/m0/s1. The van der Waals surface area contributed by atoms with Gasteiger partial charge in [0.05, 0.1) is 26.4 Å². The second-order valence-corrected chi connectivity index (χ2v) is 8.11. The van der Waals surface area contributed by atoms with E-state index in [2.05, 4.69) is 48.5 Å². The normalized spacial score (nSPS) is 20.7. The smallest absolute Gasteiger partial charge is 0.0717 e. The first-order valence-electron chi connectivity index (χ1n) is 8.39. The van der Waals surface area contributed by atoms with Crippen LogP contribution in [0.25, 0.3) is 0 Å². The summed E-state index contributed by atoms with van der Waals surface area (Å²) in [5.74, 6) is 0. The van der Waals surface area contributed by atoms with Gasteiger partial charge in [-0.1, -0.05) is 60.7 Å². The average molecular weight is 328 g/mol. The maximum Gasteiger partial charge on any atom is 0.0717 e. The molecule has 0 aliphatic carbocycles. The van der Waals surface area contributed by atoms with Gasteiger partial charge in [0.2, 0.25) is 0 Å². The highest BCUT2D eigenvalue weighted by atomic mass is 31.1. The van der Waals surface area contributed by atoms with Crippen molar-refractivity contribution in [2.24, 2.45) is 0 Å². The van der Waals surface area contributed by atoms with Crippen molar-refractivity contribution in [3.8, 4) is 0 Å². The molecule has 3 rings (SSSR count). The minimum absolute atomic E-state index is 0.726. The maximum atomic E-state index is 5.89. The molecule has 0 aromatic heterocycles. The van der Waals surface area contributed by atoms with E-state index >= 15 is 0 Å². The maximum absolute atomic E-state index is 5.89. The van der Waals surface area contributed by atoms with Gasteiger partial charge in [-0.25, -0.2) is 0 Å². The van der Waals surface area contributed by atoms with Crippen LogP contribution in [0.5, 0.6) is 0 Å². The van der Waals surface area contributed by atoms with E-state index in [1.807, 2.05) is 12.1 Å². The Morgan fingerprint density at radius 1 is 0.696 bits per heavy atom. The number of hydrogen-bond donors (Lipinski definition) is 0. The zero-order valence-electron chi connectivity index (χ0n) is 13.5. The lowest BCUT2D eigenvalue weighted by atomic mass is 10.2. The van der Waals surface area contributed by atoms with Gasteiger partial charge < -0.3 is 9.47 Å². The lowest BCUT2D eigenvalue weighted by Crippen LogP contribution is -2.09. The van der Waals surface area contributed by atoms with E-state index in [0.29, 0.717) is 0 Å². The first kappa shape index (κ1) is 16.6. The highest BCUT2D eigenvalue weighted by Gasteiger charge is 2.24. The Morgan fingerprint density at radius 3 is 1.57 bits per heavy atom. The van der Waals surface area contributed by atoms with Crippen LogP contribution in [0.2, 0.25) is 0 Å². The molecule has 0 amide bonds. The fraction of sp³-hybridized carbons (Fsp3) is 0.400. The molecule has 2 aromatic rings. The van der Waals surface area contributed by atoms with Crippen LogP contribution in [0.4, 0.5) is 0 Å². The molecule has 122 valence electrons. The van der Waals surface area contributed by atoms with Crippen molar-refractivity contribution < 1.29 is 9.47 Å². The summed E-state index contributed by atoms with van der Waals surface area (Å²) < 4.78 is 11.8. The van der Waals surface area contributed by atoms with Gasteiger partial charge in [-0.05, 0) is 24.0 Å². The Kier molecular flexibility index (Phi) is 6.64. The van der Waals surface area contributed by atoms with Crippen LogP contribution in [0.15, 0.2) is 60.7 Å². The molecule has 0 N–H and O–H groups in total. The van der Waals surface area contributed by atoms with Gasteiger partial charge >= 0.3 is 0 Å². The van der Waals surface area contributed by atoms with Gasteiger partial charge in [0.15, 0.2) is 0 Å². The number of benzene rings is 2. The van der Waals surface area contributed by atoms with Crippen molar-refractivity contribution >= 4 is 8.58 Å². The fourth-order valence-corrected chi connectivity index (χ4v) is 4.71. The average Bonchev–Trinajstić information content (AvgIpc) is 3.05. The molecule has 0 spiro atoms. The minimum atomic E-state index is 0.726. The van der Waals surface area contributed by atoms with Crippen molar-refractivity contribution in [1.82, 2.24) is 0 Å². The van der Waals surface area contributed by atoms with Gasteiger partial charge in [-0.15, -0.1) is 8.58 Å². The summed E-state index contributed by atoms with van der Waals surface area (Å²) in [6.45, 7) is 3.25. The van der Waals surface area contributed by atoms with E-state index < -0.39 is 0 Å². The second kappa shape index (κ2) is 9.17.